The second-order valence-corrected chi connectivity index (χ2v) is 6.03. The van der Waals surface area contributed by atoms with Gasteiger partial charge in [0.05, 0.1) is 17.3 Å². The molecule has 0 atom stereocenters. The summed E-state index contributed by atoms with van der Waals surface area (Å²) in [6, 6.07) is 5.51. The topological polar surface area (TPSA) is 50.9 Å². The van der Waals surface area contributed by atoms with Crippen molar-refractivity contribution in [3.8, 4) is 0 Å². The largest absolute Gasteiger partial charge is 0.389 e. The molecule has 0 amide bonds. The van der Waals surface area contributed by atoms with Gasteiger partial charge in [-0.1, -0.05) is 30.7 Å². The highest BCUT2D eigenvalue weighted by Gasteiger charge is 2.05. The van der Waals surface area contributed by atoms with Crippen LogP contribution in [0.1, 0.15) is 22.4 Å². The molecule has 0 saturated heterocycles. The van der Waals surface area contributed by atoms with Crippen LogP contribution in [0.5, 0.6) is 0 Å². The maximum atomic E-state index is 6.18. The number of nitrogens with one attached hydrogen (secondary N) is 1. The van der Waals surface area contributed by atoms with Crippen LogP contribution in [-0.4, -0.2) is 9.97 Å². The van der Waals surface area contributed by atoms with Gasteiger partial charge in [-0.15, -0.1) is 11.3 Å². The van der Waals surface area contributed by atoms with Gasteiger partial charge < -0.3 is 11.1 Å². The highest BCUT2D eigenvalue weighted by Crippen LogP contribution is 2.24. The third kappa shape index (κ3) is 3.65. The van der Waals surface area contributed by atoms with E-state index in [1.807, 2.05) is 18.3 Å². The molecule has 2 aromatic rings. The van der Waals surface area contributed by atoms with Gasteiger partial charge in [0.2, 0.25) is 0 Å². The Bertz CT molecular complexity index is 595. The Labute approximate surface area is 126 Å². The molecule has 19 heavy (non-hydrogen) atoms. The molecule has 100 valence electrons. The van der Waals surface area contributed by atoms with Gasteiger partial charge in [0.1, 0.15) is 10.00 Å². The van der Waals surface area contributed by atoms with E-state index in [2.05, 4.69) is 17.2 Å². The Balaban J connectivity index is 2.05. The minimum atomic E-state index is 0.348. The second kappa shape index (κ2) is 6.32. The van der Waals surface area contributed by atoms with E-state index in [4.69, 9.17) is 29.6 Å². The van der Waals surface area contributed by atoms with E-state index in [0.29, 0.717) is 16.6 Å². The summed E-state index contributed by atoms with van der Waals surface area (Å²) in [4.78, 5) is 5.98. The normalized spacial score (nSPS) is 10.4. The minimum absolute atomic E-state index is 0.348. The number of hydrogen-bond acceptors (Lipinski definition) is 4. The number of rotatable bonds is 5. The molecule has 0 saturated carbocycles. The molecule has 0 unspecified atom stereocenters. The Morgan fingerprint density at radius 1 is 1.53 bits per heavy atom. The van der Waals surface area contributed by atoms with Gasteiger partial charge in [-0.3, -0.25) is 0 Å². The Kier molecular flexibility index (Phi) is 4.74. The number of aryl methyl sites for hydroxylation is 1. The van der Waals surface area contributed by atoms with Crippen LogP contribution < -0.4 is 11.1 Å². The third-order valence-electron chi connectivity index (χ3n) is 2.63. The second-order valence-electron chi connectivity index (χ2n) is 3.99. The zero-order valence-electron chi connectivity index (χ0n) is 10.4. The van der Waals surface area contributed by atoms with Crippen molar-refractivity contribution in [1.29, 1.82) is 0 Å². The van der Waals surface area contributed by atoms with Crippen LogP contribution >= 0.6 is 35.2 Å². The van der Waals surface area contributed by atoms with Crippen LogP contribution in [0.3, 0.4) is 0 Å². The Hall–Kier alpha value is -1.17. The first-order valence-electron chi connectivity index (χ1n) is 5.87. The number of thiocarbonyl (C=S) groups is 1. The first kappa shape index (κ1) is 14.2. The van der Waals surface area contributed by atoms with Crippen LogP contribution in [0.25, 0.3) is 0 Å². The molecule has 1 heterocycles. The van der Waals surface area contributed by atoms with Crippen LogP contribution in [-0.2, 0) is 13.0 Å². The van der Waals surface area contributed by atoms with Gasteiger partial charge in [0.15, 0.2) is 0 Å². The van der Waals surface area contributed by atoms with Crippen LogP contribution in [0.2, 0.25) is 5.02 Å². The minimum Gasteiger partial charge on any atom is -0.389 e. The quantitative estimate of drug-likeness (QED) is 0.828. The van der Waals surface area contributed by atoms with E-state index >= 15 is 0 Å². The number of anilines is 1. The predicted molar refractivity (Wildman–Crippen MR) is 86.2 cm³/mol. The summed E-state index contributed by atoms with van der Waals surface area (Å²) in [6.45, 7) is 2.78. The lowest BCUT2D eigenvalue weighted by Gasteiger charge is -2.08. The fraction of sp³-hybridized carbons (Fsp3) is 0.231. The molecule has 6 heteroatoms. The highest BCUT2D eigenvalue weighted by molar-refractivity contribution is 7.80. The maximum absolute atomic E-state index is 6.18. The van der Waals surface area contributed by atoms with Crippen LogP contribution in [0.15, 0.2) is 24.4 Å². The number of hydrogen-bond donors (Lipinski definition) is 2. The first-order chi connectivity index (χ1) is 9.10. The lowest BCUT2D eigenvalue weighted by molar-refractivity contribution is 1.09. The summed E-state index contributed by atoms with van der Waals surface area (Å²) in [5, 5.41) is 4.92. The van der Waals surface area contributed by atoms with Gasteiger partial charge >= 0.3 is 0 Å². The van der Waals surface area contributed by atoms with Crippen molar-refractivity contribution >= 4 is 45.8 Å². The molecule has 1 aromatic heterocycles. The molecule has 0 radical (unpaired) electrons. The van der Waals surface area contributed by atoms with E-state index in [0.717, 1.165) is 22.7 Å². The van der Waals surface area contributed by atoms with E-state index < -0.39 is 0 Å². The molecule has 0 aliphatic rings. The van der Waals surface area contributed by atoms with Crippen molar-refractivity contribution < 1.29 is 0 Å². The standard InChI is InChI=1S/C13H14ClN3S2/c1-2-9-6-17-12(19-9)7-16-11-4-3-8(13(15)18)5-10(11)14/h3-6,16H,2,7H2,1H3,(H2,15,18). The maximum Gasteiger partial charge on any atom is 0.112 e. The van der Waals surface area contributed by atoms with Gasteiger partial charge in [0.25, 0.3) is 0 Å². The van der Waals surface area contributed by atoms with Crippen molar-refractivity contribution in [3.63, 3.8) is 0 Å². The average Bonchev–Trinajstić information content (AvgIpc) is 2.85. The van der Waals surface area contributed by atoms with Gasteiger partial charge in [-0.05, 0) is 24.6 Å². The Morgan fingerprint density at radius 2 is 2.32 bits per heavy atom. The number of halogens is 1. The highest BCUT2D eigenvalue weighted by atomic mass is 35.5. The smallest absolute Gasteiger partial charge is 0.112 e. The van der Waals surface area contributed by atoms with Crippen LogP contribution in [0, 0.1) is 0 Å². The zero-order valence-corrected chi connectivity index (χ0v) is 12.8. The molecule has 0 bridgehead atoms. The molecule has 0 fully saturated rings. The number of nitrogens with two attached hydrogens (primary N) is 1. The third-order valence-corrected chi connectivity index (χ3v) is 4.32. The molecule has 0 spiro atoms. The van der Waals surface area contributed by atoms with Crippen molar-refractivity contribution in [3.05, 3.63) is 44.9 Å². The molecular formula is C13H14ClN3S2. The molecule has 2 rings (SSSR count). The molecule has 3 N–H and O–H groups in total. The summed E-state index contributed by atoms with van der Waals surface area (Å²) in [5.74, 6) is 0. The molecule has 0 aliphatic heterocycles. The number of thiazole rings is 1. The fourth-order valence-corrected chi connectivity index (χ4v) is 2.75. The summed E-state index contributed by atoms with van der Waals surface area (Å²) in [5.41, 5.74) is 7.19. The number of aromatic nitrogens is 1. The van der Waals surface area contributed by atoms with E-state index in [-0.39, 0.29) is 0 Å². The monoisotopic (exact) mass is 311 g/mol. The van der Waals surface area contributed by atoms with E-state index in [9.17, 15) is 0 Å². The molecular weight excluding hydrogens is 298 g/mol. The van der Waals surface area contributed by atoms with Gasteiger partial charge in [-0.25, -0.2) is 4.98 Å². The number of benzene rings is 1. The van der Waals surface area contributed by atoms with E-state index in [1.54, 1.807) is 17.4 Å². The lowest BCUT2D eigenvalue weighted by atomic mass is 10.2. The average molecular weight is 312 g/mol. The summed E-state index contributed by atoms with van der Waals surface area (Å²) in [6.07, 6.45) is 2.93. The summed E-state index contributed by atoms with van der Waals surface area (Å²) >= 11 is 12.8. The molecule has 3 nitrogen and oxygen atoms in total. The van der Waals surface area contributed by atoms with Gasteiger partial charge in [-0.2, -0.15) is 0 Å². The fourth-order valence-electron chi connectivity index (χ4n) is 1.58. The summed E-state index contributed by atoms with van der Waals surface area (Å²) < 4.78 is 0. The Morgan fingerprint density at radius 3 is 2.89 bits per heavy atom. The molecule has 1 aromatic carbocycles. The van der Waals surface area contributed by atoms with Crippen molar-refractivity contribution in [2.24, 2.45) is 5.73 Å². The van der Waals surface area contributed by atoms with Crippen molar-refractivity contribution in [2.75, 3.05) is 5.32 Å². The van der Waals surface area contributed by atoms with Crippen LogP contribution in [0.4, 0.5) is 5.69 Å². The molecule has 0 aliphatic carbocycles. The van der Waals surface area contributed by atoms with E-state index in [1.165, 1.54) is 4.88 Å². The van der Waals surface area contributed by atoms with Crippen molar-refractivity contribution in [1.82, 2.24) is 4.98 Å². The zero-order chi connectivity index (χ0) is 13.8. The lowest BCUT2D eigenvalue weighted by Crippen LogP contribution is -2.09. The summed E-state index contributed by atoms with van der Waals surface area (Å²) in [7, 11) is 0. The predicted octanol–water partition coefficient (Wildman–Crippen LogP) is 3.61. The van der Waals surface area contributed by atoms with Crippen molar-refractivity contribution in [2.45, 2.75) is 19.9 Å². The van der Waals surface area contributed by atoms with Gasteiger partial charge in [0, 0.05) is 16.6 Å². The SMILES string of the molecule is CCc1cnc(CNc2ccc(C(N)=S)cc2Cl)s1. The first-order valence-corrected chi connectivity index (χ1v) is 7.47. The number of nitrogens with zero attached hydrogens (tertiary/aromatic N) is 1.